The highest BCUT2D eigenvalue weighted by atomic mass is 19.1. The third kappa shape index (κ3) is 7.18. The lowest BCUT2D eigenvalue weighted by Gasteiger charge is -2.40. The van der Waals surface area contributed by atoms with Gasteiger partial charge in [0, 0.05) is 12.5 Å². The van der Waals surface area contributed by atoms with Crippen molar-refractivity contribution < 1.29 is 4.39 Å². The fraction of sp³-hybridized carbons (Fsp3) is 0.393. The predicted octanol–water partition coefficient (Wildman–Crippen LogP) is 4.66. The molecule has 184 valence electrons. The van der Waals surface area contributed by atoms with E-state index in [1.165, 1.54) is 13.1 Å². The molecule has 0 radical (unpaired) electrons. The minimum atomic E-state index is -0.431. The van der Waals surface area contributed by atoms with Crippen LogP contribution in [0.25, 0.3) is 0 Å². The molecule has 1 aromatic rings. The van der Waals surface area contributed by atoms with E-state index in [1.807, 2.05) is 32.1 Å². The van der Waals surface area contributed by atoms with Crippen LogP contribution in [0.15, 0.2) is 78.7 Å². The molecule has 1 unspecified atom stereocenters. The molecule has 1 atom stereocenters. The third-order valence-electron chi connectivity index (χ3n) is 6.42. The number of likely N-dealkylation sites (tertiary alicyclic amines) is 1. The molecule has 2 heterocycles. The molecular formula is C28H40FN5. The molecule has 0 amide bonds. The Labute approximate surface area is 205 Å². The lowest BCUT2D eigenvalue weighted by atomic mass is 9.67. The van der Waals surface area contributed by atoms with Crippen LogP contribution in [0.4, 0.5) is 4.39 Å². The van der Waals surface area contributed by atoms with Gasteiger partial charge in [-0.05, 0) is 75.8 Å². The molecule has 34 heavy (non-hydrogen) atoms. The molecule has 5 N–H and O–H groups in total. The van der Waals surface area contributed by atoms with Crippen molar-refractivity contribution in [1.82, 2.24) is 10.2 Å². The summed E-state index contributed by atoms with van der Waals surface area (Å²) >= 11 is 0. The summed E-state index contributed by atoms with van der Waals surface area (Å²) in [6.45, 7) is 13.9. The Morgan fingerprint density at radius 1 is 1.29 bits per heavy atom. The SMILES string of the molecule is C=C/C=C(\N)C1=C(C=C)C=CCN1.CN.Cc1cccc(F)c1C(C)C1(C#N)CCN(C)CC1. The number of piperidine rings is 1. The summed E-state index contributed by atoms with van der Waals surface area (Å²) in [6.07, 6.45) is 10.9. The molecule has 0 bridgehead atoms. The summed E-state index contributed by atoms with van der Waals surface area (Å²) in [5.41, 5.74) is 14.2. The molecule has 0 aromatic heterocycles. The molecule has 2 aliphatic rings. The smallest absolute Gasteiger partial charge is 0.126 e. The van der Waals surface area contributed by atoms with Crippen molar-refractivity contribution in [3.8, 4) is 6.07 Å². The molecule has 5 nitrogen and oxygen atoms in total. The first-order valence-corrected chi connectivity index (χ1v) is 11.6. The first kappa shape index (κ1) is 28.9. The van der Waals surface area contributed by atoms with Gasteiger partial charge in [-0.1, -0.05) is 56.5 Å². The van der Waals surface area contributed by atoms with E-state index in [4.69, 9.17) is 5.73 Å². The van der Waals surface area contributed by atoms with Crippen molar-refractivity contribution in [2.24, 2.45) is 16.9 Å². The summed E-state index contributed by atoms with van der Waals surface area (Å²) in [6, 6.07) is 7.65. The largest absolute Gasteiger partial charge is 0.397 e. The Morgan fingerprint density at radius 2 is 1.94 bits per heavy atom. The van der Waals surface area contributed by atoms with Gasteiger partial charge in [0.2, 0.25) is 0 Å². The van der Waals surface area contributed by atoms with Gasteiger partial charge < -0.3 is 21.7 Å². The molecule has 0 spiro atoms. The van der Waals surface area contributed by atoms with Crippen LogP contribution in [-0.4, -0.2) is 38.6 Å². The fourth-order valence-electron chi connectivity index (χ4n) is 4.31. The zero-order valence-electron chi connectivity index (χ0n) is 21.1. The maximum atomic E-state index is 14.1. The number of hydrogen-bond acceptors (Lipinski definition) is 5. The Kier molecular flexibility index (Phi) is 12.1. The number of nitrogens with one attached hydrogen (secondary N) is 1. The molecule has 6 heteroatoms. The molecule has 2 aliphatic heterocycles. The van der Waals surface area contributed by atoms with Gasteiger partial charge in [0.25, 0.3) is 0 Å². The van der Waals surface area contributed by atoms with E-state index < -0.39 is 5.41 Å². The Bertz CT molecular complexity index is 939. The van der Waals surface area contributed by atoms with E-state index in [0.717, 1.165) is 49.3 Å². The monoisotopic (exact) mass is 465 g/mol. The zero-order valence-corrected chi connectivity index (χ0v) is 21.1. The zero-order chi connectivity index (χ0) is 25.7. The van der Waals surface area contributed by atoms with Crippen LogP contribution >= 0.6 is 0 Å². The van der Waals surface area contributed by atoms with Crippen molar-refractivity contribution in [3.05, 3.63) is 95.6 Å². The van der Waals surface area contributed by atoms with Crippen LogP contribution in [0.1, 0.15) is 36.8 Å². The molecule has 3 rings (SSSR count). The summed E-state index contributed by atoms with van der Waals surface area (Å²) in [4.78, 5) is 2.23. The van der Waals surface area contributed by atoms with E-state index in [1.54, 1.807) is 24.3 Å². The maximum Gasteiger partial charge on any atom is 0.126 e. The van der Waals surface area contributed by atoms with Crippen LogP contribution < -0.4 is 16.8 Å². The first-order valence-electron chi connectivity index (χ1n) is 11.6. The number of dihydropyridines is 1. The average molecular weight is 466 g/mol. The normalized spacial score (nSPS) is 18.2. The number of nitrogens with zero attached hydrogens (tertiary/aromatic N) is 2. The van der Waals surface area contributed by atoms with Gasteiger partial charge in [0.1, 0.15) is 5.82 Å². The lowest BCUT2D eigenvalue weighted by Crippen LogP contribution is -2.40. The fourth-order valence-corrected chi connectivity index (χ4v) is 4.31. The Morgan fingerprint density at radius 3 is 2.47 bits per heavy atom. The van der Waals surface area contributed by atoms with Gasteiger partial charge in [0.05, 0.1) is 22.9 Å². The van der Waals surface area contributed by atoms with E-state index >= 15 is 0 Å². The van der Waals surface area contributed by atoms with Gasteiger partial charge in [-0.15, -0.1) is 0 Å². The Balaban J connectivity index is 0.000000337. The van der Waals surface area contributed by atoms with Crippen molar-refractivity contribution in [2.75, 3.05) is 33.7 Å². The maximum absolute atomic E-state index is 14.1. The first-order chi connectivity index (χ1) is 16.3. The van der Waals surface area contributed by atoms with Gasteiger partial charge in [0.15, 0.2) is 0 Å². The number of allylic oxidation sites excluding steroid dienone is 5. The van der Waals surface area contributed by atoms with E-state index in [2.05, 4.69) is 42.2 Å². The number of benzene rings is 1. The number of hydrogen-bond donors (Lipinski definition) is 3. The average Bonchev–Trinajstić information content (AvgIpc) is 2.86. The number of nitriles is 1. The van der Waals surface area contributed by atoms with E-state index in [0.29, 0.717) is 11.3 Å². The predicted molar refractivity (Wildman–Crippen MR) is 141 cm³/mol. The highest BCUT2D eigenvalue weighted by Crippen LogP contribution is 2.45. The van der Waals surface area contributed by atoms with Crippen molar-refractivity contribution in [2.45, 2.75) is 32.6 Å². The summed E-state index contributed by atoms with van der Waals surface area (Å²) in [7, 11) is 3.57. The van der Waals surface area contributed by atoms with Crippen molar-refractivity contribution in [3.63, 3.8) is 0 Å². The molecule has 0 aliphatic carbocycles. The van der Waals surface area contributed by atoms with Crippen LogP contribution in [0, 0.1) is 29.5 Å². The second-order valence-corrected chi connectivity index (χ2v) is 8.44. The Hall–Kier alpha value is -3.14. The molecular weight excluding hydrogens is 425 g/mol. The minimum Gasteiger partial charge on any atom is -0.397 e. The number of aryl methyl sites for hydroxylation is 1. The van der Waals surface area contributed by atoms with Crippen molar-refractivity contribution >= 4 is 0 Å². The second kappa shape index (κ2) is 14.2. The highest BCUT2D eigenvalue weighted by molar-refractivity contribution is 5.46. The standard InChI is InChI=1S/C16H21FN2.C11H14N2.CH5N/c1-12-5-4-6-14(17)15(12)13(2)16(11-18)7-9-19(3)10-8-16;1-3-6-10(12)11-9(4-2)7-5-8-13-11;1-2/h4-6,13H,7-10H2,1-3H3;3-7,13H,1-2,8,12H2;2H2,1H3/b;10-6-;. The van der Waals surface area contributed by atoms with Crippen LogP contribution in [0.5, 0.6) is 0 Å². The number of halogens is 1. The minimum absolute atomic E-state index is 0.0626. The van der Waals surface area contributed by atoms with Gasteiger partial charge in [-0.3, -0.25) is 0 Å². The van der Waals surface area contributed by atoms with Crippen LogP contribution in [0.2, 0.25) is 0 Å². The van der Waals surface area contributed by atoms with Gasteiger partial charge >= 0.3 is 0 Å². The molecule has 1 saturated heterocycles. The molecule has 1 fully saturated rings. The van der Waals surface area contributed by atoms with Gasteiger partial charge in [-0.25, -0.2) is 4.39 Å². The van der Waals surface area contributed by atoms with Gasteiger partial charge in [-0.2, -0.15) is 5.26 Å². The second-order valence-electron chi connectivity index (χ2n) is 8.44. The topological polar surface area (TPSA) is 91.1 Å². The third-order valence-corrected chi connectivity index (χ3v) is 6.42. The summed E-state index contributed by atoms with van der Waals surface area (Å²) in [5.74, 6) is -0.242. The highest BCUT2D eigenvalue weighted by Gasteiger charge is 2.41. The van der Waals surface area contributed by atoms with Crippen molar-refractivity contribution in [1.29, 1.82) is 5.26 Å². The molecule has 1 aromatic carbocycles. The number of nitrogens with two attached hydrogens (primary N) is 2. The summed E-state index contributed by atoms with van der Waals surface area (Å²) in [5, 5.41) is 12.8. The quantitative estimate of drug-likeness (QED) is 0.550. The number of rotatable bonds is 5. The van der Waals surface area contributed by atoms with Crippen LogP contribution in [0.3, 0.4) is 0 Å². The van der Waals surface area contributed by atoms with E-state index in [9.17, 15) is 9.65 Å². The molecule has 0 saturated carbocycles. The van der Waals surface area contributed by atoms with E-state index in [-0.39, 0.29) is 11.7 Å². The summed E-state index contributed by atoms with van der Waals surface area (Å²) < 4.78 is 14.1. The van der Waals surface area contributed by atoms with Crippen LogP contribution in [-0.2, 0) is 0 Å². The lowest BCUT2D eigenvalue weighted by molar-refractivity contribution is 0.147.